The minimum absolute atomic E-state index is 0.461. The van der Waals surface area contributed by atoms with Crippen molar-refractivity contribution in [1.29, 1.82) is 0 Å². The van der Waals surface area contributed by atoms with Crippen molar-refractivity contribution in [2.75, 3.05) is 5.73 Å². The van der Waals surface area contributed by atoms with Gasteiger partial charge >= 0.3 is 0 Å². The van der Waals surface area contributed by atoms with Gasteiger partial charge in [-0.2, -0.15) is 0 Å². The average Bonchev–Trinajstić information content (AvgIpc) is 3.12. The fourth-order valence-corrected chi connectivity index (χ4v) is 2.47. The number of aromatic nitrogens is 4. The van der Waals surface area contributed by atoms with Crippen LogP contribution < -0.4 is 5.73 Å². The second kappa shape index (κ2) is 4.73. The van der Waals surface area contributed by atoms with Crippen molar-refractivity contribution in [2.24, 2.45) is 0 Å². The van der Waals surface area contributed by atoms with Crippen LogP contribution in [0.25, 0.3) is 11.3 Å². The molecule has 2 N–H and O–H groups in total. The van der Waals surface area contributed by atoms with Gasteiger partial charge in [-0.1, -0.05) is 35.5 Å². The Hall–Kier alpha value is -2.63. The van der Waals surface area contributed by atoms with Gasteiger partial charge in [0.05, 0.1) is 11.9 Å². The van der Waals surface area contributed by atoms with Crippen molar-refractivity contribution in [3.63, 3.8) is 0 Å². The molecule has 2 heterocycles. The van der Waals surface area contributed by atoms with Crippen molar-refractivity contribution < 1.29 is 4.42 Å². The fourth-order valence-electron chi connectivity index (χ4n) is 2.47. The van der Waals surface area contributed by atoms with Gasteiger partial charge in [-0.25, -0.2) is 9.67 Å². The zero-order chi connectivity index (χ0) is 14.2. The first-order valence-corrected chi connectivity index (χ1v) is 7.00. The molecule has 0 unspecified atom stereocenters. The van der Waals surface area contributed by atoms with Crippen molar-refractivity contribution in [3.05, 3.63) is 48.1 Å². The lowest BCUT2D eigenvalue weighted by molar-refractivity contribution is 0.463. The third-order valence-electron chi connectivity index (χ3n) is 3.66. The van der Waals surface area contributed by atoms with E-state index in [9.17, 15) is 0 Å². The second-order valence-electron chi connectivity index (χ2n) is 5.28. The molecule has 1 fully saturated rings. The smallest absolute Gasteiger partial charge is 0.216 e. The molecular formula is C15H15N5O. The van der Waals surface area contributed by atoms with E-state index in [2.05, 4.69) is 15.3 Å². The number of hydrogen-bond donors (Lipinski definition) is 1. The molecule has 1 aromatic carbocycles. The van der Waals surface area contributed by atoms with Gasteiger partial charge < -0.3 is 10.2 Å². The Morgan fingerprint density at radius 3 is 2.81 bits per heavy atom. The van der Waals surface area contributed by atoms with Crippen LogP contribution in [0.4, 0.5) is 5.82 Å². The Morgan fingerprint density at radius 1 is 1.24 bits per heavy atom. The van der Waals surface area contributed by atoms with Crippen LogP contribution in [-0.4, -0.2) is 20.0 Å². The summed E-state index contributed by atoms with van der Waals surface area (Å²) in [5.41, 5.74) is 7.91. The summed E-state index contributed by atoms with van der Waals surface area (Å²) in [7, 11) is 0. The van der Waals surface area contributed by atoms with Gasteiger partial charge in [0.15, 0.2) is 11.6 Å². The van der Waals surface area contributed by atoms with Crippen molar-refractivity contribution in [1.82, 2.24) is 20.0 Å². The summed E-state index contributed by atoms with van der Waals surface area (Å²) < 4.78 is 7.60. The number of rotatable bonds is 4. The molecule has 2 aromatic heterocycles. The van der Waals surface area contributed by atoms with Gasteiger partial charge in [-0.15, -0.1) is 5.10 Å². The molecule has 3 aromatic rings. The normalized spacial score (nSPS) is 14.5. The maximum Gasteiger partial charge on any atom is 0.216 e. The van der Waals surface area contributed by atoms with E-state index in [-0.39, 0.29) is 0 Å². The zero-order valence-electron chi connectivity index (χ0n) is 11.4. The third-order valence-corrected chi connectivity index (χ3v) is 3.66. The molecule has 1 aliphatic carbocycles. The first kappa shape index (κ1) is 12.1. The molecule has 6 heteroatoms. The van der Waals surface area contributed by atoms with Gasteiger partial charge in [-0.05, 0) is 12.8 Å². The molecule has 4 rings (SSSR count). The van der Waals surface area contributed by atoms with Crippen molar-refractivity contribution >= 4 is 5.82 Å². The topological polar surface area (TPSA) is 82.8 Å². The van der Waals surface area contributed by atoms with E-state index in [1.807, 2.05) is 30.3 Å². The van der Waals surface area contributed by atoms with E-state index in [1.54, 1.807) is 10.9 Å². The van der Waals surface area contributed by atoms with Crippen LogP contribution in [0, 0.1) is 0 Å². The molecule has 6 nitrogen and oxygen atoms in total. The predicted octanol–water partition coefficient (Wildman–Crippen LogP) is 2.44. The van der Waals surface area contributed by atoms with Crippen LogP contribution in [0.2, 0.25) is 0 Å². The maximum absolute atomic E-state index is 5.89. The van der Waals surface area contributed by atoms with Gasteiger partial charge in [-0.3, -0.25) is 0 Å². The van der Waals surface area contributed by atoms with Gasteiger partial charge in [0.25, 0.3) is 0 Å². The number of nitrogen functional groups attached to an aromatic ring is 1. The molecule has 106 valence electrons. The Morgan fingerprint density at radius 2 is 2.05 bits per heavy atom. The summed E-state index contributed by atoms with van der Waals surface area (Å²) in [5.74, 6) is 2.38. The van der Waals surface area contributed by atoms with Crippen LogP contribution in [0.5, 0.6) is 0 Å². The molecule has 0 aliphatic heterocycles. The largest absolute Gasteiger partial charge is 0.439 e. The van der Waals surface area contributed by atoms with Crippen molar-refractivity contribution in [3.8, 4) is 11.3 Å². The van der Waals surface area contributed by atoms with E-state index in [0.29, 0.717) is 24.2 Å². The zero-order valence-corrected chi connectivity index (χ0v) is 11.4. The number of nitrogens with zero attached hydrogens (tertiary/aromatic N) is 4. The highest BCUT2D eigenvalue weighted by Crippen LogP contribution is 2.42. The highest BCUT2D eigenvalue weighted by molar-refractivity contribution is 5.55. The Bertz CT molecular complexity index is 757. The number of hydrogen-bond acceptors (Lipinski definition) is 5. The number of nitrogens with two attached hydrogens (primary N) is 1. The van der Waals surface area contributed by atoms with E-state index < -0.39 is 0 Å². The molecule has 0 saturated heterocycles. The molecule has 1 aliphatic rings. The van der Waals surface area contributed by atoms with Crippen molar-refractivity contribution in [2.45, 2.75) is 25.3 Å². The van der Waals surface area contributed by atoms with Crippen LogP contribution >= 0.6 is 0 Å². The second-order valence-corrected chi connectivity index (χ2v) is 5.28. The summed E-state index contributed by atoms with van der Waals surface area (Å²) in [6.45, 7) is 0.461. The van der Waals surface area contributed by atoms with Gasteiger partial charge in [0, 0.05) is 11.5 Å². The molecule has 0 atom stereocenters. The molecule has 1 saturated carbocycles. The molecule has 0 amide bonds. The number of anilines is 1. The molecule has 21 heavy (non-hydrogen) atoms. The van der Waals surface area contributed by atoms with E-state index in [1.165, 1.54) is 0 Å². The fraction of sp³-hybridized carbons (Fsp3) is 0.267. The minimum Gasteiger partial charge on any atom is -0.439 e. The van der Waals surface area contributed by atoms with Crippen LogP contribution in [0.3, 0.4) is 0 Å². The molecule has 0 radical (unpaired) electrons. The lowest BCUT2D eigenvalue weighted by Crippen LogP contribution is -2.06. The number of benzene rings is 1. The minimum atomic E-state index is 0.461. The summed E-state index contributed by atoms with van der Waals surface area (Å²) in [6, 6.07) is 9.91. The third kappa shape index (κ3) is 2.29. The Kier molecular flexibility index (Phi) is 2.73. The average molecular weight is 281 g/mol. The summed E-state index contributed by atoms with van der Waals surface area (Å²) in [5, 5.41) is 8.06. The lowest BCUT2D eigenvalue weighted by Gasteiger charge is -2.02. The highest BCUT2D eigenvalue weighted by atomic mass is 16.4. The standard InChI is InChI=1S/C15H15N5O/c16-15-14(11-6-7-11)20(19-18-15)9-13-17-8-12(21-13)10-4-2-1-3-5-10/h1-5,8,11H,6-7,9,16H2. The first-order valence-electron chi connectivity index (χ1n) is 7.00. The molecule has 0 spiro atoms. The first-order chi connectivity index (χ1) is 10.3. The summed E-state index contributed by atoms with van der Waals surface area (Å²) in [4.78, 5) is 4.32. The highest BCUT2D eigenvalue weighted by Gasteiger charge is 2.30. The molecule has 0 bridgehead atoms. The van der Waals surface area contributed by atoms with Crippen LogP contribution in [-0.2, 0) is 6.54 Å². The lowest BCUT2D eigenvalue weighted by atomic mass is 10.2. The SMILES string of the molecule is Nc1nnn(Cc2ncc(-c3ccccc3)o2)c1C1CC1. The number of oxazole rings is 1. The molecular weight excluding hydrogens is 266 g/mol. The summed E-state index contributed by atoms with van der Waals surface area (Å²) in [6.07, 6.45) is 4.04. The maximum atomic E-state index is 5.89. The monoisotopic (exact) mass is 281 g/mol. The van der Waals surface area contributed by atoms with Crippen LogP contribution in [0.15, 0.2) is 40.9 Å². The van der Waals surface area contributed by atoms with Crippen LogP contribution in [0.1, 0.15) is 30.3 Å². The van der Waals surface area contributed by atoms with E-state index in [0.717, 1.165) is 29.9 Å². The van der Waals surface area contributed by atoms with E-state index >= 15 is 0 Å². The predicted molar refractivity (Wildman–Crippen MR) is 77.5 cm³/mol. The van der Waals surface area contributed by atoms with Gasteiger partial charge in [0.2, 0.25) is 5.89 Å². The quantitative estimate of drug-likeness (QED) is 0.794. The Labute approximate surface area is 121 Å². The van der Waals surface area contributed by atoms with Gasteiger partial charge in [0.1, 0.15) is 6.54 Å². The van der Waals surface area contributed by atoms with E-state index in [4.69, 9.17) is 10.2 Å². The summed E-state index contributed by atoms with van der Waals surface area (Å²) >= 11 is 0. The Balaban J connectivity index is 1.60.